The van der Waals surface area contributed by atoms with Crippen LogP contribution in [0, 0.1) is 20.8 Å². The van der Waals surface area contributed by atoms with E-state index in [1.54, 1.807) is 0 Å². The number of carbonyl (C=O) groups is 1. The summed E-state index contributed by atoms with van der Waals surface area (Å²) in [6.07, 6.45) is 2.88. The molecule has 3 nitrogen and oxygen atoms in total. The van der Waals surface area contributed by atoms with Gasteiger partial charge in [0.15, 0.2) is 0 Å². The van der Waals surface area contributed by atoms with Crippen LogP contribution in [0.4, 0.5) is 5.69 Å². The Balaban J connectivity index is 1.45. The molecule has 1 aliphatic heterocycles. The van der Waals surface area contributed by atoms with E-state index in [4.69, 9.17) is 0 Å². The smallest absolute Gasteiger partial charge is 0.253 e. The molecule has 0 bridgehead atoms. The normalized spacial score (nSPS) is 13.4. The summed E-state index contributed by atoms with van der Waals surface area (Å²) in [5.74, 6) is 0.130. The van der Waals surface area contributed by atoms with Gasteiger partial charge >= 0.3 is 0 Å². The van der Waals surface area contributed by atoms with E-state index in [2.05, 4.69) is 99.5 Å². The van der Waals surface area contributed by atoms with Crippen LogP contribution < -0.4 is 4.90 Å². The molecule has 0 aromatic heterocycles. The third-order valence-electron chi connectivity index (χ3n) is 7.30. The Kier molecular flexibility index (Phi) is 8.13. The van der Waals surface area contributed by atoms with Crippen molar-refractivity contribution in [2.75, 3.05) is 31.1 Å². The quantitative estimate of drug-likeness (QED) is 0.337. The largest absolute Gasteiger partial charge is 0.368 e. The number of amides is 1. The van der Waals surface area contributed by atoms with Crippen molar-refractivity contribution in [3.63, 3.8) is 0 Å². The maximum Gasteiger partial charge on any atom is 0.253 e. The molecule has 3 aromatic rings. The van der Waals surface area contributed by atoms with Gasteiger partial charge in [-0.2, -0.15) is 0 Å². The van der Waals surface area contributed by atoms with Crippen molar-refractivity contribution in [2.45, 2.75) is 47.0 Å². The average molecular weight is 479 g/mol. The molecule has 1 saturated heterocycles. The SMILES string of the molecule is C=C=C(CCC)c1ccccc1Cc1ccc(C(=O)N2CCN(c3cc(C)ccc3C)CC2)cc1C. The number of anilines is 1. The summed E-state index contributed by atoms with van der Waals surface area (Å²) in [7, 11) is 0. The topological polar surface area (TPSA) is 23.6 Å². The maximum atomic E-state index is 13.3. The van der Waals surface area contributed by atoms with Crippen LogP contribution in [0.15, 0.2) is 73.0 Å². The maximum absolute atomic E-state index is 13.3. The highest BCUT2D eigenvalue weighted by Crippen LogP contribution is 2.27. The van der Waals surface area contributed by atoms with Gasteiger partial charge in [0.25, 0.3) is 5.91 Å². The summed E-state index contributed by atoms with van der Waals surface area (Å²) in [6, 6.07) is 21.3. The van der Waals surface area contributed by atoms with Crippen LogP contribution in [-0.2, 0) is 6.42 Å². The summed E-state index contributed by atoms with van der Waals surface area (Å²) < 4.78 is 0. The van der Waals surface area contributed by atoms with Crippen molar-refractivity contribution in [2.24, 2.45) is 0 Å². The lowest BCUT2D eigenvalue weighted by Gasteiger charge is -2.37. The van der Waals surface area contributed by atoms with Gasteiger partial charge in [0, 0.05) is 43.0 Å². The first-order valence-corrected chi connectivity index (χ1v) is 13.1. The van der Waals surface area contributed by atoms with Crippen molar-refractivity contribution in [3.05, 3.63) is 112 Å². The molecule has 0 aliphatic carbocycles. The minimum absolute atomic E-state index is 0.130. The van der Waals surface area contributed by atoms with Gasteiger partial charge in [0.2, 0.25) is 0 Å². The molecule has 1 heterocycles. The van der Waals surface area contributed by atoms with Gasteiger partial charge in [-0.1, -0.05) is 62.4 Å². The zero-order chi connectivity index (χ0) is 25.7. The minimum atomic E-state index is 0.130. The fraction of sp³-hybridized carbons (Fsp3) is 0.333. The Labute approximate surface area is 216 Å². The minimum Gasteiger partial charge on any atom is -0.368 e. The number of benzene rings is 3. The number of piperazine rings is 1. The van der Waals surface area contributed by atoms with Crippen LogP contribution in [-0.4, -0.2) is 37.0 Å². The van der Waals surface area contributed by atoms with E-state index in [0.29, 0.717) is 0 Å². The van der Waals surface area contributed by atoms with Crippen LogP contribution in [0.25, 0.3) is 5.57 Å². The van der Waals surface area contributed by atoms with Gasteiger partial charge in [-0.05, 0) is 85.2 Å². The number of rotatable bonds is 7. The van der Waals surface area contributed by atoms with E-state index in [-0.39, 0.29) is 5.91 Å². The van der Waals surface area contributed by atoms with Crippen molar-refractivity contribution in [3.8, 4) is 0 Å². The monoisotopic (exact) mass is 478 g/mol. The van der Waals surface area contributed by atoms with Crippen LogP contribution in [0.5, 0.6) is 0 Å². The molecule has 1 amide bonds. The van der Waals surface area contributed by atoms with Gasteiger partial charge in [-0.15, -0.1) is 5.73 Å². The highest BCUT2D eigenvalue weighted by atomic mass is 16.2. The number of carbonyl (C=O) groups excluding carboxylic acids is 1. The molecular weight excluding hydrogens is 440 g/mol. The molecule has 186 valence electrons. The van der Waals surface area contributed by atoms with Crippen molar-refractivity contribution in [1.82, 2.24) is 4.90 Å². The van der Waals surface area contributed by atoms with Crippen molar-refractivity contribution < 1.29 is 4.79 Å². The van der Waals surface area contributed by atoms with Gasteiger partial charge < -0.3 is 9.80 Å². The molecule has 4 rings (SSSR count). The Morgan fingerprint density at radius 1 is 0.889 bits per heavy atom. The Hall–Kier alpha value is -3.55. The first-order valence-electron chi connectivity index (χ1n) is 13.1. The van der Waals surface area contributed by atoms with Gasteiger partial charge in [0.05, 0.1) is 0 Å². The average Bonchev–Trinajstić information content (AvgIpc) is 2.90. The first-order chi connectivity index (χ1) is 17.4. The summed E-state index contributed by atoms with van der Waals surface area (Å²) in [5, 5.41) is 0. The zero-order valence-corrected chi connectivity index (χ0v) is 22.2. The third kappa shape index (κ3) is 5.64. The number of aryl methyl sites for hydroxylation is 3. The van der Waals surface area contributed by atoms with E-state index in [9.17, 15) is 4.79 Å². The molecule has 0 unspecified atom stereocenters. The summed E-state index contributed by atoms with van der Waals surface area (Å²) in [5.41, 5.74) is 13.9. The molecule has 3 heteroatoms. The third-order valence-corrected chi connectivity index (χ3v) is 7.30. The summed E-state index contributed by atoms with van der Waals surface area (Å²) in [4.78, 5) is 17.7. The van der Waals surface area contributed by atoms with Gasteiger partial charge in [-0.3, -0.25) is 4.79 Å². The zero-order valence-electron chi connectivity index (χ0n) is 22.2. The van der Waals surface area contributed by atoms with E-state index in [0.717, 1.165) is 56.6 Å². The summed E-state index contributed by atoms with van der Waals surface area (Å²) in [6.45, 7) is 15.7. The van der Waals surface area contributed by atoms with E-state index < -0.39 is 0 Å². The Morgan fingerprint density at radius 2 is 1.64 bits per heavy atom. The van der Waals surface area contributed by atoms with Crippen molar-refractivity contribution in [1.29, 1.82) is 0 Å². The number of nitrogens with zero attached hydrogens (tertiary/aromatic N) is 2. The molecule has 0 atom stereocenters. The van der Waals surface area contributed by atoms with Gasteiger partial charge in [-0.25, -0.2) is 0 Å². The highest BCUT2D eigenvalue weighted by molar-refractivity contribution is 5.94. The Morgan fingerprint density at radius 3 is 2.33 bits per heavy atom. The van der Waals surface area contributed by atoms with E-state index in [1.807, 2.05) is 11.0 Å². The first kappa shape index (κ1) is 25.5. The van der Waals surface area contributed by atoms with E-state index in [1.165, 1.54) is 39.1 Å². The second kappa shape index (κ2) is 11.5. The second-order valence-corrected chi connectivity index (χ2v) is 9.95. The standard InChI is InChI=1S/C33H38N2O/c1-6-10-27(7-2)31-12-9-8-11-29(31)23-28-15-16-30(22-26(28)5)33(36)35-19-17-34(18-20-35)32-21-24(3)13-14-25(32)4/h8-9,11-16,21-22H,2,6,10,17-20,23H2,1,3-5H3. The predicted octanol–water partition coefficient (Wildman–Crippen LogP) is 7.13. The fourth-order valence-electron chi connectivity index (χ4n) is 5.16. The van der Waals surface area contributed by atoms with Crippen LogP contribution in [0.1, 0.15) is 63.5 Å². The van der Waals surface area contributed by atoms with Crippen LogP contribution in [0.3, 0.4) is 0 Å². The van der Waals surface area contributed by atoms with Gasteiger partial charge in [0.1, 0.15) is 0 Å². The molecule has 0 radical (unpaired) electrons. The lowest BCUT2D eigenvalue weighted by molar-refractivity contribution is 0.0746. The lowest BCUT2D eigenvalue weighted by atomic mass is 9.91. The molecule has 0 N–H and O–H groups in total. The number of allylic oxidation sites excluding steroid dienone is 1. The predicted molar refractivity (Wildman–Crippen MR) is 152 cm³/mol. The van der Waals surface area contributed by atoms with Crippen LogP contribution in [0.2, 0.25) is 0 Å². The molecule has 0 spiro atoms. The molecule has 1 fully saturated rings. The second-order valence-electron chi connectivity index (χ2n) is 9.95. The molecular formula is C33H38N2O. The van der Waals surface area contributed by atoms with Crippen molar-refractivity contribution >= 4 is 17.2 Å². The van der Waals surface area contributed by atoms with Crippen LogP contribution >= 0.6 is 0 Å². The highest BCUT2D eigenvalue weighted by Gasteiger charge is 2.23. The molecule has 36 heavy (non-hydrogen) atoms. The molecule has 3 aromatic carbocycles. The Bertz CT molecular complexity index is 1290. The number of hydrogen-bond acceptors (Lipinski definition) is 2. The van der Waals surface area contributed by atoms with E-state index >= 15 is 0 Å². The molecule has 1 aliphatic rings. The fourth-order valence-corrected chi connectivity index (χ4v) is 5.16. The number of hydrogen-bond donors (Lipinski definition) is 0. The lowest BCUT2D eigenvalue weighted by Crippen LogP contribution is -2.49. The molecule has 0 saturated carbocycles. The summed E-state index contributed by atoms with van der Waals surface area (Å²) >= 11 is 0.